The Morgan fingerprint density at radius 3 is 2.48 bits per heavy atom. The second kappa shape index (κ2) is 11.0. The van der Waals surface area contributed by atoms with E-state index in [2.05, 4.69) is 34.4 Å². The smallest absolute Gasteiger partial charge is 0.191 e. The van der Waals surface area contributed by atoms with E-state index in [1.807, 2.05) is 18.2 Å². The van der Waals surface area contributed by atoms with Gasteiger partial charge in [-0.1, -0.05) is 6.07 Å². The molecule has 0 amide bonds. The van der Waals surface area contributed by atoms with Crippen LogP contribution in [-0.2, 0) is 11.3 Å². The number of aliphatic imine (C=N–C) groups is 1. The minimum absolute atomic E-state index is 0.317. The van der Waals surface area contributed by atoms with Crippen LogP contribution < -0.4 is 20.1 Å². The second-order valence-corrected chi connectivity index (χ2v) is 6.91. The zero-order valence-corrected chi connectivity index (χ0v) is 17.2. The van der Waals surface area contributed by atoms with E-state index in [1.165, 1.54) is 0 Å². The maximum atomic E-state index is 5.78. The number of hydrogen-bond acceptors (Lipinski definition) is 5. The van der Waals surface area contributed by atoms with Crippen molar-refractivity contribution in [3.8, 4) is 11.5 Å². The summed E-state index contributed by atoms with van der Waals surface area (Å²) < 4.78 is 16.4. The van der Waals surface area contributed by atoms with Crippen molar-refractivity contribution >= 4 is 5.96 Å². The van der Waals surface area contributed by atoms with E-state index in [4.69, 9.17) is 14.2 Å². The molecule has 1 fully saturated rings. The summed E-state index contributed by atoms with van der Waals surface area (Å²) in [5.41, 5.74) is 1.10. The van der Waals surface area contributed by atoms with Gasteiger partial charge in [-0.05, 0) is 38.0 Å². The first-order chi connectivity index (χ1) is 13.0. The van der Waals surface area contributed by atoms with Crippen LogP contribution in [-0.4, -0.2) is 70.5 Å². The van der Waals surface area contributed by atoms with Crippen molar-refractivity contribution in [2.24, 2.45) is 4.99 Å². The molecule has 1 aliphatic rings. The van der Waals surface area contributed by atoms with Gasteiger partial charge in [0.25, 0.3) is 0 Å². The molecule has 27 heavy (non-hydrogen) atoms. The molecule has 0 saturated carbocycles. The van der Waals surface area contributed by atoms with E-state index in [0.717, 1.165) is 55.6 Å². The molecule has 1 heterocycles. The highest BCUT2D eigenvalue weighted by Gasteiger charge is 2.21. The second-order valence-electron chi connectivity index (χ2n) is 6.91. The number of guanidine groups is 1. The first-order valence-electron chi connectivity index (χ1n) is 9.59. The molecule has 0 aromatic heterocycles. The summed E-state index contributed by atoms with van der Waals surface area (Å²) in [5, 5.41) is 6.71. The number of benzene rings is 1. The number of methoxy groups -OCH3 is 2. The Morgan fingerprint density at radius 1 is 1.15 bits per heavy atom. The van der Waals surface area contributed by atoms with E-state index in [9.17, 15) is 0 Å². The average Bonchev–Trinajstić information content (AvgIpc) is 2.66. The first-order valence-corrected chi connectivity index (χ1v) is 9.59. The Kier molecular flexibility index (Phi) is 8.67. The lowest BCUT2D eigenvalue weighted by atomic mass is 10.2. The number of morpholine rings is 1. The molecule has 0 bridgehead atoms. The van der Waals surface area contributed by atoms with Gasteiger partial charge in [0.2, 0.25) is 0 Å². The highest BCUT2D eigenvalue weighted by Crippen LogP contribution is 2.27. The predicted octanol–water partition coefficient (Wildman–Crippen LogP) is 1.87. The van der Waals surface area contributed by atoms with E-state index in [-0.39, 0.29) is 0 Å². The van der Waals surface area contributed by atoms with Crippen molar-refractivity contribution in [2.75, 3.05) is 47.4 Å². The monoisotopic (exact) mass is 378 g/mol. The molecule has 1 aromatic carbocycles. The van der Waals surface area contributed by atoms with Crippen LogP contribution >= 0.6 is 0 Å². The van der Waals surface area contributed by atoms with Crippen molar-refractivity contribution in [3.63, 3.8) is 0 Å². The molecule has 2 atom stereocenters. The van der Waals surface area contributed by atoms with Gasteiger partial charge in [0.05, 0.1) is 26.4 Å². The van der Waals surface area contributed by atoms with Crippen molar-refractivity contribution < 1.29 is 14.2 Å². The van der Waals surface area contributed by atoms with Crippen LogP contribution in [0.5, 0.6) is 11.5 Å². The van der Waals surface area contributed by atoms with Crippen LogP contribution in [0.15, 0.2) is 23.2 Å². The molecule has 0 spiro atoms. The van der Waals surface area contributed by atoms with E-state index in [1.54, 1.807) is 21.3 Å². The molecule has 2 rings (SSSR count). The van der Waals surface area contributed by atoms with Crippen molar-refractivity contribution in [1.82, 2.24) is 15.5 Å². The number of rotatable bonds is 8. The summed E-state index contributed by atoms with van der Waals surface area (Å²) in [5.74, 6) is 2.26. The predicted molar refractivity (Wildman–Crippen MR) is 109 cm³/mol. The van der Waals surface area contributed by atoms with Gasteiger partial charge in [-0.3, -0.25) is 9.89 Å². The third kappa shape index (κ3) is 6.92. The fourth-order valence-corrected chi connectivity index (χ4v) is 3.37. The topological polar surface area (TPSA) is 67.4 Å². The SMILES string of the molecule is CN=C(NCCCN1CC(C)OC(C)C1)NCc1ccc(OC)c(OC)c1. The van der Waals surface area contributed by atoms with Gasteiger partial charge in [0.15, 0.2) is 17.5 Å². The van der Waals surface area contributed by atoms with Crippen LogP contribution in [0, 0.1) is 0 Å². The standard InChI is InChI=1S/C20H34N4O3/c1-15-13-24(14-16(2)27-15)10-6-9-22-20(21-3)23-12-17-7-8-18(25-4)19(11-17)26-5/h7-8,11,15-16H,6,9-10,12-14H2,1-5H3,(H2,21,22,23). The van der Waals surface area contributed by atoms with Crippen LogP contribution in [0.1, 0.15) is 25.8 Å². The lowest BCUT2D eigenvalue weighted by molar-refractivity contribution is -0.0679. The molecule has 1 aliphatic heterocycles. The Hall–Kier alpha value is -1.99. The molecular weight excluding hydrogens is 344 g/mol. The molecule has 7 heteroatoms. The Morgan fingerprint density at radius 2 is 1.85 bits per heavy atom. The van der Waals surface area contributed by atoms with Gasteiger partial charge in [0, 0.05) is 39.8 Å². The first kappa shape index (κ1) is 21.3. The molecule has 2 N–H and O–H groups in total. The van der Waals surface area contributed by atoms with Crippen LogP contribution in [0.3, 0.4) is 0 Å². The Bertz CT molecular complexity index is 599. The number of nitrogens with one attached hydrogen (secondary N) is 2. The zero-order valence-electron chi connectivity index (χ0n) is 17.2. The summed E-state index contributed by atoms with van der Waals surface area (Å²) in [6.45, 7) is 8.91. The van der Waals surface area contributed by atoms with Gasteiger partial charge < -0.3 is 24.8 Å². The molecule has 0 aliphatic carbocycles. The molecule has 1 saturated heterocycles. The molecule has 2 unspecified atom stereocenters. The highest BCUT2D eigenvalue weighted by molar-refractivity contribution is 5.79. The minimum atomic E-state index is 0.317. The van der Waals surface area contributed by atoms with Crippen molar-refractivity contribution in [3.05, 3.63) is 23.8 Å². The Labute approximate surface area is 163 Å². The summed E-state index contributed by atoms with van der Waals surface area (Å²) >= 11 is 0. The maximum Gasteiger partial charge on any atom is 0.191 e. The summed E-state index contributed by atoms with van der Waals surface area (Å²) in [6, 6.07) is 5.90. The third-order valence-electron chi connectivity index (χ3n) is 4.57. The fourth-order valence-electron chi connectivity index (χ4n) is 3.37. The highest BCUT2D eigenvalue weighted by atomic mass is 16.5. The van der Waals surface area contributed by atoms with Crippen LogP contribution in [0.25, 0.3) is 0 Å². The van der Waals surface area contributed by atoms with Gasteiger partial charge in [-0.2, -0.15) is 0 Å². The summed E-state index contributed by atoms with van der Waals surface area (Å²) in [4.78, 5) is 6.77. The van der Waals surface area contributed by atoms with Crippen molar-refractivity contribution in [2.45, 2.75) is 39.0 Å². The fraction of sp³-hybridized carbons (Fsp3) is 0.650. The Balaban J connectivity index is 1.71. The molecule has 0 radical (unpaired) electrons. The number of nitrogens with zero attached hydrogens (tertiary/aromatic N) is 2. The van der Waals surface area contributed by atoms with E-state index >= 15 is 0 Å². The average molecular weight is 379 g/mol. The quantitative estimate of drug-likeness (QED) is 0.409. The molecular formula is C20H34N4O3. The van der Waals surface area contributed by atoms with E-state index < -0.39 is 0 Å². The minimum Gasteiger partial charge on any atom is -0.493 e. The number of hydrogen-bond donors (Lipinski definition) is 2. The maximum absolute atomic E-state index is 5.78. The lowest BCUT2D eigenvalue weighted by Crippen LogP contribution is -2.46. The van der Waals surface area contributed by atoms with Gasteiger partial charge >= 0.3 is 0 Å². The van der Waals surface area contributed by atoms with Crippen LogP contribution in [0.2, 0.25) is 0 Å². The van der Waals surface area contributed by atoms with Gasteiger partial charge in [0.1, 0.15) is 0 Å². The van der Waals surface area contributed by atoms with E-state index in [0.29, 0.717) is 18.8 Å². The summed E-state index contributed by atoms with van der Waals surface area (Å²) in [7, 11) is 5.07. The molecule has 152 valence electrons. The van der Waals surface area contributed by atoms with Crippen molar-refractivity contribution in [1.29, 1.82) is 0 Å². The largest absolute Gasteiger partial charge is 0.493 e. The van der Waals surface area contributed by atoms with Gasteiger partial charge in [-0.25, -0.2) is 0 Å². The van der Waals surface area contributed by atoms with Gasteiger partial charge in [-0.15, -0.1) is 0 Å². The van der Waals surface area contributed by atoms with Crippen LogP contribution in [0.4, 0.5) is 0 Å². The zero-order chi connectivity index (χ0) is 19.6. The normalized spacial score (nSPS) is 21.0. The number of ether oxygens (including phenoxy) is 3. The molecule has 7 nitrogen and oxygen atoms in total. The summed E-state index contributed by atoms with van der Waals surface area (Å²) in [6.07, 6.45) is 1.70. The molecule has 1 aromatic rings. The lowest BCUT2D eigenvalue weighted by Gasteiger charge is -2.35. The third-order valence-corrected chi connectivity index (χ3v) is 4.57.